The Morgan fingerprint density at radius 3 is 2.36 bits per heavy atom. The molecule has 4 aromatic carbocycles. The van der Waals surface area contributed by atoms with Crippen molar-refractivity contribution in [2.75, 3.05) is 10.8 Å². The Morgan fingerprint density at radius 2 is 1.62 bits per heavy atom. The van der Waals surface area contributed by atoms with Gasteiger partial charge in [-0.05, 0) is 66.6 Å². The quantitative estimate of drug-likeness (QED) is 0.257. The highest BCUT2D eigenvalue weighted by Crippen LogP contribution is 2.35. The van der Waals surface area contributed by atoms with E-state index < -0.39 is 28.4 Å². The molecule has 8 nitrogen and oxygen atoms in total. The zero-order valence-electron chi connectivity index (χ0n) is 20.9. The van der Waals surface area contributed by atoms with E-state index in [1.807, 2.05) is 6.07 Å². The lowest BCUT2D eigenvalue weighted by atomic mass is 10.1. The summed E-state index contributed by atoms with van der Waals surface area (Å²) in [5.74, 6) is -1.14. The number of hydrogen-bond acceptors (Lipinski definition) is 5. The molecular formula is C29H25ClN2O6S. The van der Waals surface area contributed by atoms with Gasteiger partial charge in [0.25, 0.3) is 10.0 Å². The van der Waals surface area contributed by atoms with Gasteiger partial charge in [0.2, 0.25) is 5.91 Å². The van der Waals surface area contributed by atoms with Crippen molar-refractivity contribution in [1.82, 2.24) is 5.32 Å². The van der Waals surface area contributed by atoms with Crippen molar-refractivity contribution in [2.24, 2.45) is 0 Å². The zero-order chi connectivity index (χ0) is 28.0. The number of carbonyl (C=O) groups is 2. The molecule has 4 rings (SSSR count). The number of carboxylic acid groups (broad SMARTS) is 1. The van der Waals surface area contributed by atoms with Crippen LogP contribution in [0, 0.1) is 6.92 Å². The van der Waals surface area contributed by atoms with Gasteiger partial charge in [-0.3, -0.25) is 9.10 Å². The predicted octanol–water partition coefficient (Wildman–Crippen LogP) is 5.65. The number of carbonyl (C=O) groups excluding carboxylic acids is 1. The van der Waals surface area contributed by atoms with Gasteiger partial charge in [-0.25, -0.2) is 13.2 Å². The van der Waals surface area contributed by atoms with Gasteiger partial charge in [-0.2, -0.15) is 0 Å². The number of nitrogens with zero attached hydrogens (tertiary/aromatic N) is 1. The largest absolute Gasteiger partial charge is 0.478 e. The maximum Gasteiger partial charge on any atom is 0.335 e. The Morgan fingerprint density at radius 1 is 0.923 bits per heavy atom. The molecule has 0 aliphatic carbocycles. The SMILES string of the molecule is Cc1c(Cl)cccc1N(CC(=O)NCc1cccc(C(=O)O)c1)S(=O)(=O)c1ccccc1Oc1ccccc1. The molecule has 200 valence electrons. The van der Waals surface area contributed by atoms with Crippen LogP contribution in [0.2, 0.25) is 5.02 Å². The molecule has 0 heterocycles. The van der Waals surface area contributed by atoms with Crippen molar-refractivity contribution in [3.63, 3.8) is 0 Å². The number of carboxylic acids is 1. The highest BCUT2D eigenvalue weighted by atomic mass is 35.5. The number of nitrogens with one attached hydrogen (secondary N) is 1. The standard InChI is InChI=1S/C29H25ClN2O6S/c1-20-24(30)13-8-14-25(20)32(19-28(33)31-18-21-9-7-10-22(17-21)29(34)35)39(36,37)27-16-6-5-15-26(27)38-23-11-3-2-4-12-23/h2-17H,18-19H2,1H3,(H,31,33)(H,34,35). The van der Waals surface area contributed by atoms with E-state index in [1.165, 1.54) is 18.2 Å². The van der Waals surface area contributed by atoms with Crippen LogP contribution < -0.4 is 14.4 Å². The Bertz CT molecular complexity index is 1610. The number of para-hydroxylation sites is 2. The Balaban J connectivity index is 1.67. The van der Waals surface area contributed by atoms with Crippen LogP contribution in [0.4, 0.5) is 5.69 Å². The molecule has 0 unspecified atom stereocenters. The fraction of sp³-hybridized carbons (Fsp3) is 0.103. The molecule has 10 heteroatoms. The van der Waals surface area contributed by atoms with Crippen LogP contribution in [0.3, 0.4) is 0 Å². The highest BCUT2D eigenvalue weighted by Gasteiger charge is 2.31. The normalized spacial score (nSPS) is 11.0. The average Bonchev–Trinajstić information content (AvgIpc) is 2.93. The van der Waals surface area contributed by atoms with Crippen LogP contribution >= 0.6 is 11.6 Å². The first-order chi connectivity index (χ1) is 18.7. The number of anilines is 1. The number of rotatable bonds is 10. The van der Waals surface area contributed by atoms with Crippen molar-refractivity contribution in [3.05, 3.63) is 119 Å². The number of aromatic carboxylic acids is 1. The Labute approximate surface area is 231 Å². The van der Waals surface area contributed by atoms with Crippen LogP contribution in [0.5, 0.6) is 11.5 Å². The van der Waals surface area contributed by atoms with Crippen LogP contribution in [-0.4, -0.2) is 31.9 Å². The summed E-state index contributed by atoms with van der Waals surface area (Å²) in [5, 5.41) is 12.2. The van der Waals surface area contributed by atoms with E-state index in [1.54, 1.807) is 79.7 Å². The average molecular weight is 565 g/mol. The summed E-state index contributed by atoms with van der Waals surface area (Å²) in [6, 6.07) is 25.9. The molecule has 0 radical (unpaired) electrons. The molecule has 0 spiro atoms. The summed E-state index contributed by atoms with van der Waals surface area (Å²) in [6.45, 7) is 1.12. The third-order valence-electron chi connectivity index (χ3n) is 5.85. The molecular weight excluding hydrogens is 540 g/mol. The van der Waals surface area contributed by atoms with Crippen LogP contribution in [0.25, 0.3) is 0 Å². The molecule has 1 amide bonds. The minimum atomic E-state index is -4.33. The zero-order valence-corrected chi connectivity index (χ0v) is 22.4. The second kappa shape index (κ2) is 12.0. The summed E-state index contributed by atoms with van der Waals surface area (Å²) in [4.78, 5) is 24.2. The van der Waals surface area contributed by atoms with E-state index in [-0.39, 0.29) is 28.4 Å². The van der Waals surface area contributed by atoms with Gasteiger partial charge in [0.1, 0.15) is 22.9 Å². The van der Waals surface area contributed by atoms with Crippen LogP contribution in [-0.2, 0) is 21.4 Å². The molecule has 0 aliphatic rings. The van der Waals surface area contributed by atoms with E-state index in [0.29, 0.717) is 21.9 Å². The number of amides is 1. The number of halogens is 1. The number of sulfonamides is 1. The molecule has 2 N–H and O–H groups in total. The van der Waals surface area contributed by atoms with E-state index in [9.17, 15) is 23.1 Å². The van der Waals surface area contributed by atoms with E-state index in [4.69, 9.17) is 16.3 Å². The Hall–Kier alpha value is -4.34. The van der Waals surface area contributed by atoms with Crippen molar-refractivity contribution >= 4 is 39.2 Å². The fourth-order valence-corrected chi connectivity index (χ4v) is 5.61. The van der Waals surface area contributed by atoms with Crippen molar-refractivity contribution < 1.29 is 27.9 Å². The maximum absolute atomic E-state index is 14.1. The van der Waals surface area contributed by atoms with E-state index >= 15 is 0 Å². The summed E-state index contributed by atoms with van der Waals surface area (Å²) in [5.41, 5.74) is 1.35. The minimum Gasteiger partial charge on any atom is -0.478 e. The van der Waals surface area contributed by atoms with Crippen LogP contribution in [0.1, 0.15) is 21.5 Å². The molecule has 4 aromatic rings. The third-order valence-corrected chi connectivity index (χ3v) is 8.06. The summed E-state index contributed by atoms with van der Waals surface area (Å²) >= 11 is 6.32. The van der Waals surface area contributed by atoms with Gasteiger partial charge in [0.05, 0.1) is 11.3 Å². The van der Waals surface area contributed by atoms with Crippen molar-refractivity contribution in [2.45, 2.75) is 18.4 Å². The summed E-state index contributed by atoms with van der Waals surface area (Å²) < 4.78 is 35.1. The molecule has 0 aromatic heterocycles. The smallest absolute Gasteiger partial charge is 0.335 e. The predicted molar refractivity (Wildman–Crippen MR) is 149 cm³/mol. The molecule has 0 saturated carbocycles. The van der Waals surface area contributed by atoms with E-state index in [2.05, 4.69) is 5.32 Å². The first-order valence-corrected chi connectivity index (χ1v) is 13.7. The molecule has 0 fully saturated rings. The lowest BCUT2D eigenvalue weighted by molar-refractivity contribution is -0.119. The highest BCUT2D eigenvalue weighted by molar-refractivity contribution is 7.93. The fourth-order valence-electron chi connectivity index (χ4n) is 3.85. The van der Waals surface area contributed by atoms with Gasteiger partial charge in [0.15, 0.2) is 0 Å². The first kappa shape index (κ1) is 27.7. The van der Waals surface area contributed by atoms with Crippen LogP contribution in [0.15, 0.2) is 102 Å². The third kappa shape index (κ3) is 6.57. The van der Waals surface area contributed by atoms with Gasteiger partial charge in [-0.1, -0.05) is 60.1 Å². The van der Waals surface area contributed by atoms with E-state index in [0.717, 1.165) is 4.31 Å². The summed E-state index contributed by atoms with van der Waals surface area (Å²) in [6.07, 6.45) is 0. The topological polar surface area (TPSA) is 113 Å². The lowest BCUT2D eigenvalue weighted by Crippen LogP contribution is -2.41. The minimum absolute atomic E-state index is 0.00999. The molecule has 0 aliphatic heterocycles. The molecule has 0 saturated heterocycles. The maximum atomic E-state index is 14.1. The van der Waals surface area contributed by atoms with Gasteiger partial charge in [-0.15, -0.1) is 0 Å². The van der Waals surface area contributed by atoms with Crippen molar-refractivity contribution in [1.29, 1.82) is 0 Å². The molecule has 39 heavy (non-hydrogen) atoms. The summed E-state index contributed by atoms with van der Waals surface area (Å²) in [7, 11) is -4.33. The first-order valence-electron chi connectivity index (χ1n) is 11.9. The monoisotopic (exact) mass is 564 g/mol. The van der Waals surface area contributed by atoms with Gasteiger partial charge < -0.3 is 15.2 Å². The van der Waals surface area contributed by atoms with Gasteiger partial charge >= 0.3 is 5.97 Å². The van der Waals surface area contributed by atoms with Crippen molar-refractivity contribution in [3.8, 4) is 11.5 Å². The molecule has 0 bridgehead atoms. The number of benzene rings is 4. The second-order valence-corrected chi connectivity index (χ2v) is 10.8. The number of ether oxygens (including phenoxy) is 1. The molecule has 0 atom stereocenters. The van der Waals surface area contributed by atoms with Gasteiger partial charge in [0, 0.05) is 11.6 Å². The Kier molecular flexibility index (Phi) is 8.53. The number of hydrogen-bond donors (Lipinski definition) is 2. The second-order valence-electron chi connectivity index (χ2n) is 8.54. The lowest BCUT2D eigenvalue weighted by Gasteiger charge is -2.27.